The van der Waals surface area contributed by atoms with Crippen molar-refractivity contribution in [2.75, 3.05) is 4.90 Å². The Morgan fingerprint density at radius 1 is 1.03 bits per heavy atom. The van der Waals surface area contributed by atoms with E-state index in [0.29, 0.717) is 16.3 Å². The van der Waals surface area contributed by atoms with Crippen molar-refractivity contribution in [3.05, 3.63) is 111 Å². The van der Waals surface area contributed by atoms with Crippen molar-refractivity contribution in [2.24, 2.45) is 5.41 Å². The molecule has 0 amide bonds. The third-order valence-electron chi connectivity index (χ3n) is 6.76. The predicted octanol–water partition coefficient (Wildman–Crippen LogP) is 5.53. The molecule has 0 unspecified atom stereocenters. The van der Waals surface area contributed by atoms with Crippen LogP contribution in [0.2, 0.25) is 5.02 Å². The molecule has 2 heterocycles. The van der Waals surface area contributed by atoms with Crippen LogP contribution in [0.15, 0.2) is 78.9 Å². The summed E-state index contributed by atoms with van der Waals surface area (Å²) in [7, 11) is 0. The highest BCUT2D eigenvalue weighted by atomic mass is 35.5. The Balaban J connectivity index is 1.75. The van der Waals surface area contributed by atoms with Crippen LogP contribution in [-0.4, -0.2) is 22.8 Å². The van der Waals surface area contributed by atoms with E-state index in [4.69, 9.17) is 11.6 Å². The second-order valence-corrected chi connectivity index (χ2v) is 8.94. The third-order valence-corrected chi connectivity index (χ3v) is 6.99. The SMILES string of the molecule is N#CC1(C#N)[C@@H](c2ccccc2)[C@@H](C(=O)c2ccc([N+](=O)[O-])cc2)N2c3ccc(Cl)cc3C=C[C@@H]21. The number of halogens is 1. The summed E-state index contributed by atoms with van der Waals surface area (Å²) in [5, 5.41) is 32.4. The zero-order valence-electron chi connectivity index (χ0n) is 18.2. The second-order valence-electron chi connectivity index (χ2n) is 8.51. The topological polar surface area (TPSA) is 111 Å². The van der Waals surface area contributed by atoms with Crippen molar-refractivity contribution >= 4 is 34.8 Å². The maximum atomic E-state index is 14.1. The summed E-state index contributed by atoms with van der Waals surface area (Å²) in [6, 6.07) is 22.6. The number of hydrogen-bond donors (Lipinski definition) is 0. The molecule has 0 aromatic heterocycles. The standard InChI is InChI=1S/C27H17ClN4O3/c28-20-9-12-22-19(14-20)8-13-23-27(15-29,16-30)24(17-4-2-1-3-5-17)25(31(22)23)26(33)18-6-10-21(11-7-18)32(34)35/h1-14,23-25H/t23-,24+,25+/m1/s1. The summed E-state index contributed by atoms with van der Waals surface area (Å²) in [5.41, 5.74) is 0.723. The van der Waals surface area contributed by atoms with E-state index in [9.17, 15) is 25.4 Å². The number of non-ortho nitro benzene ring substituents is 1. The molecule has 1 saturated heterocycles. The van der Waals surface area contributed by atoms with Gasteiger partial charge in [-0.15, -0.1) is 0 Å². The fourth-order valence-electron chi connectivity index (χ4n) is 5.22. The number of carbonyl (C=O) groups excluding carboxylic acids is 1. The zero-order chi connectivity index (χ0) is 24.7. The fourth-order valence-corrected chi connectivity index (χ4v) is 5.40. The molecule has 3 aromatic carbocycles. The van der Waals surface area contributed by atoms with Gasteiger partial charge in [0.15, 0.2) is 11.2 Å². The van der Waals surface area contributed by atoms with Gasteiger partial charge in [-0.25, -0.2) is 0 Å². The number of nitrogens with zero attached hydrogens (tertiary/aromatic N) is 4. The average molecular weight is 481 g/mol. The molecule has 1 fully saturated rings. The maximum Gasteiger partial charge on any atom is 0.269 e. The molecule has 0 spiro atoms. The number of nitro benzene ring substituents is 1. The molecule has 0 bridgehead atoms. The monoisotopic (exact) mass is 480 g/mol. The van der Waals surface area contributed by atoms with E-state index in [1.807, 2.05) is 41.3 Å². The molecular weight excluding hydrogens is 464 g/mol. The van der Waals surface area contributed by atoms with Gasteiger partial charge < -0.3 is 4.90 Å². The minimum Gasteiger partial charge on any atom is -0.351 e. The molecule has 2 aliphatic rings. The van der Waals surface area contributed by atoms with Crippen LogP contribution in [0.4, 0.5) is 11.4 Å². The lowest BCUT2D eigenvalue weighted by molar-refractivity contribution is -0.384. The number of hydrogen-bond acceptors (Lipinski definition) is 6. The number of fused-ring (bicyclic) bond motifs is 3. The summed E-state index contributed by atoms with van der Waals surface area (Å²) >= 11 is 6.21. The first kappa shape index (κ1) is 22.3. The lowest BCUT2D eigenvalue weighted by Gasteiger charge is -2.35. The number of benzene rings is 3. The number of nitro groups is 1. The molecule has 0 aliphatic carbocycles. The predicted molar refractivity (Wildman–Crippen MR) is 131 cm³/mol. The van der Waals surface area contributed by atoms with Gasteiger partial charge in [0.2, 0.25) is 0 Å². The van der Waals surface area contributed by atoms with Gasteiger partial charge in [0.25, 0.3) is 5.69 Å². The highest BCUT2D eigenvalue weighted by Gasteiger charge is 2.63. The minimum atomic E-state index is -1.56. The average Bonchev–Trinajstić information content (AvgIpc) is 3.19. The van der Waals surface area contributed by atoms with Gasteiger partial charge in [0.1, 0.15) is 6.04 Å². The number of carbonyl (C=O) groups is 1. The van der Waals surface area contributed by atoms with E-state index >= 15 is 0 Å². The third kappa shape index (κ3) is 3.37. The summed E-state index contributed by atoms with van der Waals surface area (Å²) in [4.78, 5) is 26.5. The summed E-state index contributed by atoms with van der Waals surface area (Å²) < 4.78 is 0. The van der Waals surface area contributed by atoms with Gasteiger partial charge in [-0.2, -0.15) is 10.5 Å². The number of ketones is 1. The Morgan fingerprint density at radius 3 is 2.34 bits per heavy atom. The summed E-state index contributed by atoms with van der Waals surface area (Å²) in [5.74, 6) is -1.11. The molecule has 2 aliphatic heterocycles. The largest absolute Gasteiger partial charge is 0.351 e. The lowest BCUT2D eigenvalue weighted by atomic mass is 9.69. The Labute approximate surface area is 206 Å². The Morgan fingerprint density at radius 2 is 1.71 bits per heavy atom. The minimum absolute atomic E-state index is 0.130. The molecule has 0 N–H and O–H groups in total. The van der Waals surface area contributed by atoms with Crippen molar-refractivity contribution < 1.29 is 9.72 Å². The van der Waals surface area contributed by atoms with Gasteiger partial charge >= 0.3 is 0 Å². The van der Waals surface area contributed by atoms with Crippen molar-refractivity contribution in [1.82, 2.24) is 0 Å². The first-order chi connectivity index (χ1) is 16.9. The van der Waals surface area contributed by atoms with Crippen LogP contribution in [0.3, 0.4) is 0 Å². The van der Waals surface area contributed by atoms with E-state index in [2.05, 4.69) is 12.1 Å². The highest BCUT2D eigenvalue weighted by molar-refractivity contribution is 6.30. The molecule has 3 aromatic rings. The fraction of sp³-hybridized carbons (Fsp3) is 0.148. The van der Waals surface area contributed by atoms with Crippen molar-refractivity contribution in [2.45, 2.75) is 18.0 Å². The summed E-state index contributed by atoms with van der Waals surface area (Å²) in [6.45, 7) is 0. The first-order valence-corrected chi connectivity index (χ1v) is 11.2. The number of Topliss-reactive ketones (excluding diaryl/α,β-unsaturated/α-hetero) is 1. The van der Waals surface area contributed by atoms with Crippen LogP contribution in [0, 0.1) is 38.2 Å². The number of rotatable bonds is 4. The number of nitriles is 2. The van der Waals surface area contributed by atoms with E-state index < -0.39 is 28.3 Å². The first-order valence-electron chi connectivity index (χ1n) is 10.8. The lowest BCUT2D eigenvalue weighted by Crippen LogP contribution is -2.44. The highest BCUT2D eigenvalue weighted by Crippen LogP contribution is 2.55. The smallest absolute Gasteiger partial charge is 0.269 e. The normalized spacial score (nSPS) is 21.3. The molecule has 7 nitrogen and oxygen atoms in total. The van der Waals surface area contributed by atoms with Gasteiger partial charge in [-0.1, -0.05) is 54.1 Å². The Kier molecular flexibility index (Phi) is 5.36. The maximum absolute atomic E-state index is 14.1. The van der Waals surface area contributed by atoms with Gasteiger partial charge in [-0.05, 0) is 41.5 Å². The van der Waals surface area contributed by atoms with E-state index in [1.54, 1.807) is 24.3 Å². The Hall–Kier alpha value is -4.46. The van der Waals surface area contributed by atoms with Crippen LogP contribution in [-0.2, 0) is 0 Å². The molecule has 5 rings (SSSR count). The van der Waals surface area contributed by atoms with Crippen LogP contribution in [0.1, 0.15) is 27.4 Å². The van der Waals surface area contributed by atoms with Crippen molar-refractivity contribution in [3.63, 3.8) is 0 Å². The van der Waals surface area contributed by atoms with Crippen molar-refractivity contribution in [3.8, 4) is 12.1 Å². The van der Waals surface area contributed by atoms with E-state index in [1.165, 1.54) is 24.3 Å². The zero-order valence-corrected chi connectivity index (χ0v) is 19.0. The molecule has 0 radical (unpaired) electrons. The molecule has 35 heavy (non-hydrogen) atoms. The van der Waals surface area contributed by atoms with Crippen molar-refractivity contribution in [1.29, 1.82) is 10.5 Å². The van der Waals surface area contributed by atoms with Crippen LogP contribution < -0.4 is 4.90 Å². The van der Waals surface area contributed by atoms with Crippen LogP contribution in [0.5, 0.6) is 0 Å². The molecule has 0 saturated carbocycles. The Bertz CT molecular complexity index is 1440. The molecular formula is C27H17ClN4O3. The quantitative estimate of drug-likeness (QED) is 0.275. The summed E-state index contributed by atoms with van der Waals surface area (Å²) in [6.07, 6.45) is 3.61. The van der Waals surface area contributed by atoms with Crippen LogP contribution in [0.25, 0.3) is 6.08 Å². The molecule has 3 atom stereocenters. The van der Waals surface area contributed by atoms with Gasteiger partial charge in [0, 0.05) is 34.3 Å². The van der Waals surface area contributed by atoms with Gasteiger partial charge in [0.05, 0.1) is 23.1 Å². The molecule has 8 heteroatoms. The van der Waals surface area contributed by atoms with E-state index in [0.717, 1.165) is 5.56 Å². The second kappa shape index (κ2) is 8.39. The van der Waals surface area contributed by atoms with Crippen LogP contribution >= 0.6 is 11.6 Å². The number of anilines is 1. The van der Waals surface area contributed by atoms with Gasteiger partial charge in [-0.3, -0.25) is 14.9 Å². The van der Waals surface area contributed by atoms with E-state index in [-0.39, 0.29) is 17.0 Å². The molecule has 170 valence electrons.